The largest absolute Gasteiger partial charge is 0.394 e. The summed E-state index contributed by atoms with van der Waals surface area (Å²) in [6.07, 6.45) is -12.8. The number of aliphatic hydroxyl groups is 8. The Morgan fingerprint density at radius 1 is 0.968 bits per heavy atom. The van der Waals surface area contributed by atoms with Gasteiger partial charge in [0.2, 0.25) is 0 Å². The Kier molecular flexibility index (Phi) is 9.87. The number of hydrogen-bond acceptors (Lipinski definition) is 12. The third-order valence-electron chi connectivity index (χ3n) is 4.84. The lowest BCUT2D eigenvalue weighted by Crippen LogP contribution is -2.61. The molecule has 2 fully saturated rings. The van der Waals surface area contributed by atoms with Crippen LogP contribution in [0.5, 0.6) is 0 Å². The molecule has 0 aliphatic carbocycles. The molecule has 2 aliphatic rings. The number of carbonyl (C=O) groups excluding carboxylic acids is 1. The van der Waals surface area contributed by atoms with E-state index in [1.165, 1.54) is 0 Å². The number of hydrogen-bond donors (Lipinski definition) is 8. The first kappa shape index (κ1) is 25.7. The fourth-order valence-corrected chi connectivity index (χ4v) is 2.99. The van der Waals surface area contributed by atoms with Gasteiger partial charge in [0.05, 0.1) is 13.2 Å². The molecule has 0 saturated carbocycles. The van der Waals surface area contributed by atoms with E-state index in [-0.39, 0.29) is 12.9 Å². The number of aliphatic hydroxyl groups excluding tert-OH is 8. The van der Waals surface area contributed by atoms with Crippen LogP contribution in [0.15, 0.2) is 30.3 Å². The van der Waals surface area contributed by atoms with Gasteiger partial charge >= 0.3 is 0 Å². The molecule has 0 amide bonds. The molecule has 5 unspecified atom stereocenters. The SMILES string of the molecule is O=CC(O)C(O)C(O)C(O)CO.OC1O[C@@H]2CO[C@@H](c3ccccc3)O[C@H]2[C@H](O)[C@H]1O. The van der Waals surface area contributed by atoms with Gasteiger partial charge in [0.1, 0.15) is 48.8 Å². The summed E-state index contributed by atoms with van der Waals surface area (Å²) in [5.41, 5.74) is 0.828. The predicted molar refractivity (Wildman–Crippen MR) is 100 cm³/mol. The van der Waals surface area contributed by atoms with Gasteiger partial charge in [-0.2, -0.15) is 0 Å². The molecule has 8 N–H and O–H groups in total. The van der Waals surface area contributed by atoms with Gasteiger partial charge in [0, 0.05) is 5.56 Å². The number of ether oxygens (including phenoxy) is 3. The first-order valence-corrected chi connectivity index (χ1v) is 9.51. The number of benzene rings is 1. The topological polar surface area (TPSA) is 207 Å². The van der Waals surface area contributed by atoms with Crippen LogP contribution in [0.25, 0.3) is 0 Å². The van der Waals surface area contributed by atoms with Crippen LogP contribution >= 0.6 is 0 Å². The molecule has 2 aliphatic heterocycles. The van der Waals surface area contributed by atoms with Crippen molar-refractivity contribution in [1.82, 2.24) is 0 Å². The highest BCUT2D eigenvalue weighted by molar-refractivity contribution is 5.56. The Morgan fingerprint density at radius 3 is 2.19 bits per heavy atom. The summed E-state index contributed by atoms with van der Waals surface area (Å²) in [6, 6.07) is 9.31. The van der Waals surface area contributed by atoms with Crippen molar-refractivity contribution in [1.29, 1.82) is 0 Å². The van der Waals surface area contributed by atoms with Gasteiger partial charge in [-0.25, -0.2) is 0 Å². The van der Waals surface area contributed by atoms with Crippen LogP contribution in [0.3, 0.4) is 0 Å². The predicted octanol–water partition coefficient (Wildman–Crippen LogP) is -3.84. The summed E-state index contributed by atoms with van der Waals surface area (Å²) in [5.74, 6) is 0. The summed E-state index contributed by atoms with van der Waals surface area (Å²) in [7, 11) is 0. The third kappa shape index (κ3) is 6.47. The van der Waals surface area contributed by atoms with E-state index in [1.54, 1.807) is 0 Å². The molecule has 12 heteroatoms. The third-order valence-corrected chi connectivity index (χ3v) is 4.84. The maximum absolute atomic E-state index is 9.94. The van der Waals surface area contributed by atoms with E-state index in [1.807, 2.05) is 30.3 Å². The molecule has 0 aromatic heterocycles. The standard InChI is InChI=1S/C13H16O6.C6H12O6/c14-9-10(15)12(16)18-8-6-17-13(19-11(8)9)7-4-2-1-3-5-7;7-1-3(9)5(11)6(12)4(10)2-8/h1-5,8-16H,6H2;1,3-6,8-12H,2H2/t8-,9-,10-,11-,12?,13-;/m1./s1. The smallest absolute Gasteiger partial charge is 0.184 e. The van der Waals surface area contributed by atoms with Gasteiger partial charge in [-0.3, -0.25) is 0 Å². The molecule has 0 spiro atoms. The second-order valence-electron chi connectivity index (χ2n) is 7.08. The lowest BCUT2D eigenvalue weighted by molar-refractivity contribution is -0.354. The molecule has 1 aromatic carbocycles. The molecule has 176 valence electrons. The molecule has 3 rings (SSSR count). The van der Waals surface area contributed by atoms with E-state index in [2.05, 4.69) is 0 Å². The Morgan fingerprint density at radius 2 is 1.61 bits per heavy atom. The van der Waals surface area contributed by atoms with Gasteiger partial charge in [-0.1, -0.05) is 30.3 Å². The molecular formula is C19H28O12. The Bertz CT molecular complexity index is 659. The van der Waals surface area contributed by atoms with Crippen molar-refractivity contribution in [3.8, 4) is 0 Å². The fourth-order valence-electron chi connectivity index (χ4n) is 2.99. The normalized spacial score (nSPS) is 34.3. The Balaban J connectivity index is 0.000000248. The average Bonchev–Trinajstić information content (AvgIpc) is 2.81. The number of carbonyl (C=O) groups is 1. The van der Waals surface area contributed by atoms with Crippen molar-refractivity contribution in [2.24, 2.45) is 0 Å². The second kappa shape index (κ2) is 11.9. The van der Waals surface area contributed by atoms with Gasteiger partial charge < -0.3 is 59.9 Å². The van der Waals surface area contributed by atoms with Crippen molar-refractivity contribution in [2.45, 2.75) is 61.4 Å². The van der Waals surface area contributed by atoms with E-state index in [4.69, 9.17) is 39.7 Å². The lowest BCUT2D eigenvalue weighted by atomic mass is 9.98. The van der Waals surface area contributed by atoms with Crippen LogP contribution in [-0.2, 0) is 19.0 Å². The van der Waals surface area contributed by atoms with Crippen LogP contribution in [0, 0.1) is 0 Å². The summed E-state index contributed by atoms with van der Waals surface area (Å²) >= 11 is 0. The highest BCUT2D eigenvalue weighted by Crippen LogP contribution is 2.33. The minimum Gasteiger partial charge on any atom is -0.394 e. The van der Waals surface area contributed by atoms with Crippen LogP contribution < -0.4 is 0 Å². The molecule has 31 heavy (non-hydrogen) atoms. The van der Waals surface area contributed by atoms with E-state index < -0.39 is 68.0 Å². The second-order valence-corrected chi connectivity index (χ2v) is 7.08. The fraction of sp³-hybridized carbons (Fsp3) is 0.632. The van der Waals surface area contributed by atoms with Crippen molar-refractivity contribution < 1.29 is 59.9 Å². The van der Waals surface area contributed by atoms with Gasteiger partial charge in [0.25, 0.3) is 0 Å². The molecule has 0 radical (unpaired) electrons. The van der Waals surface area contributed by atoms with Gasteiger partial charge in [-0.15, -0.1) is 0 Å². The molecule has 2 saturated heterocycles. The molecule has 0 bridgehead atoms. The molecular weight excluding hydrogens is 420 g/mol. The number of aldehydes is 1. The molecule has 12 nitrogen and oxygen atoms in total. The van der Waals surface area contributed by atoms with E-state index in [0.29, 0.717) is 0 Å². The van der Waals surface area contributed by atoms with Crippen LogP contribution in [0.4, 0.5) is 0 Å². The monoisotopic (exact) mass is 448 g/mol. The van der Waals surface area contributed by atoms with E-state index >= 15 is 0 Å². The first-order valence-electron chi connectivity index (χ1n) is 9.51. The Labute approximate surface area is 177 Å². The van der Waals surface area contributed by atoms with Crippen molar-refractivity contribution in [3.63, 3.8) is 0 Å². The molecule has 2 heterocycles. The zero-order valence-electron chi connectivity index (χ0n) is 16.4. The van der Waals surface area contributed by atoms with E-state index in [9.17, 15) is 20.1 Å². The highest BCUT2D eigenvalue weighted by Gasteiger charge is 2.48. The molecule has 10 atom stereocenters. The van der Waals surface area contributed by atoms with Crippen LogP contribution in [0.2, 0.25) is 0 Å². The van der Waals surface area contributed by atoms with Crippen LogP contribution in [0.1, 0.15) is 11.9 Å². The van der Waals surface area contributed by atoms with E-state index in [0.717, 1.165) is 5.56 Å². The summed E-state index contributed by atoms with van der Waals surface area (Å²) in [5, 5.41) is 72.5. The molecule has 1 aromatic rings. The van der Waals surface area contributed by atoms with Crippen molar-refractivity contribution >= 4 is 6.29 Å². The zero-order chi connectivity index (χ0) is 23.1. The minimum atomic E-state index is -1.79. The first-order chi connectivity index (χ1) is 14.7. The quantitative estimate of drug-likeness (QED) is 0.197. The maximum atomic E-state index is 9.94. The highest BCUT2D eigenvalue weighted by atomic mass is 16.7. The number of rotatable bonds is 6. The maximum Gasteiger partial charge on any atom is 0.184 e. The lowest BCUT2D eigenvalue weighted by Gasteiger charge is -2.45. The summed E-state index contributed by atoms with van der Waals surface area (Å²) < 4.78 is 16.3. The van der Waals surface area contributed by atoms with Crippen LogP contribution in [-0.4, -0.2) is 115 Å². The summed E-state index contributed by atoms with van der Waals surface area (Å²) in [6.45, 7) is -0.575. The Hall–Kier alpha value is -1.55. The number of fused-ring (bicyclic) bond motifs is 1. The van der Waals surface area contributed by atoms with Gasteiger partial charge in [0.15, 0.2) is 18.9 Å². The van der Waals surface area contributed by atoms with Crippen molar-refractivity contribution in [3.05, 3.63) is 35.9 Å². The zero-order valence-corrected chi connectivity index (χ0v) is 16.4. The average molecular weight is 448 g/mol. The minimum absolute atomic E-state index is 0.0258. The summed E-state index contributed by atoms with van der Waals surface area (Å²) in [4.78, 5) is 9.90. The van der Waals surface area contributed by atoms with Crippen molar-refractivity contribution in [2.75, 3.05) is 13.2 Å². The van der Waals surface area contributed by atoms with Gasteiger partial charge in [-0.05, 0) is 0 Å².